The number of rotatable bonds is 1. The van der Waals surface area contributed by atoms with Crippen LogP contribution in [0.25, 0.3) is 0 Å². The van der Waals surface area contributed by atoms with E-state index >= 15 is 0 Å². The summed E-state index contributed by atoms with van der Waals surface area (Å²) in [5.41, 5.74) is 2.30. The van der Waals surface area contributed by atoms with E-state index in [1.807, 2.05) is 0 Å². The Hall–Kier alpha value is -0.780. The summed E-state index contributed by atoms with van der Waals surface area (Å²) < 4.78 is 0. The molecule has 0 heteroatoms. The molecule has 17 heavy (non-hydrogen) atoms. The van der Waals surface area contributed by atoms with Gasteiger partial charge < -0.3 is 0 Å². The Labute approximate surface area is 103 Å². The molecule has 8 rings (SSSR count). The standard InChI is InChI=1S/C17H20/c1-2-4-13(5-3-1)17-7-6-14-12(10-17)8-11-9-15(14)16(11)17/h1-5,11-12,14-16H,6-10H2/t11?,12?,14-,15?,16?,17?/m0/s1. The highest BCUT2D eigenvalue weighted by Crippen LogP contribution is 2.74. The third kappa shape index (κ3) is 0.905. The molecule has 7 aliphatic rings. The van der Waals surface area contributed by atoms with Crippen LogP contribution in [0.1, 0.15) is 37.7 Å². The van der Waals surface area contributed by atoms with Crippen molar-refractivity contribution >= 4 is 0 Å². The van der Waals surface area contributed by atoms with Gasteiger partial charge in [0.15, 0.2) is 0 Å². The van der Waals surface area contributed by atoms with Gasteiger partial charge in [0.25, 0.3) is 0 Å². The molecule has 0 saturated heterocycles. The van der Waals surface area contributed by atoms with E-state index < -0.39 is 0 Å². The summed E-state index contributed by atoms with van der Waals surface area (Å²) in [6, 6.07) is 11.5. The lowest BCUT2D eigenvalue weighted by molar-refractivity contribution is -0.206. The average molecular weight is 224 g/mol. The topological polar surface area (TPSA) is 0 Å². The molecule has 0 radical (unpaired) electrons. The minimum absolute atomic E-state index is 0.618. The maximum absolute atomic E-state index is 2.42. The van der Waals surface area contributed by atoms with Gasteiger partial charge in [0.05, 0.1) is 0 Å². The van der Waals surface area contributed by atoms with Crippen molar-refractivity contribution in [2.75, 3.05) is 0 Å². The van der Waals surface area contributed by atoms with Crippen LogP contribution >= 0.6 is 0 Å². The summed E-state index contributed by atoms with van der Waals surface area (Å²) in [5.74, 6) is 5.54. The molecule has 0 nitrogen and oxygen atoms in total. The second kappa shape index (κ2) is 2.79. The van der Waals surface area contributed by atoms with Crippen LogP contribution in [0.5, 0.6) is 0 Å². The zero-order valence-corrected chi connectivity index (χ0v) is 10.3. The molecule has 5 unspecified atom stereocenters. The molecule has 6 bridgehead atoms. The number of benzene rings is 1. The lowest BCUT2D eigenvalue weighted by Gasteiger charge is -2.73. The normalized spacial score (nSPS) is 53.5. The lowest BCUT2D eigenvalue weighted by atomic mass is 9.31. The number of hydrogen-bond donors (Lipinski definition) is 0. The monoisotopic (exact) mass is 224 g/mol. The highest BCUT2D eigenvalue weighted by Gasteiger charge is 2.68. The van der Waals surface area contributed by atoms with E-state index in [-0.39, 0.29) is 0 Å². The maximum atomic E-state index is 2.42. The predicted octanol–water partition coefficient (Wildman–Crippen LogP) is 4.01. The van der Waals surface area contributed by atoms with Gasteiger partial charge in [-0.05, 0) is 72.7 Å². The first kappa shape index (κ1) is 9.19. The van der Waals surface area contributed by atoms with E-state index in [0.29, 0.717) is 5.41 Å². The highest BCUT2D eigenvalue weighted by molar-refractivity contribution is 5.34. The van der Waals surface area contributed by atoms with Crippen molar-refractivity contribution in [3.63, 3.8) is 0 Å². The van der Waals surface area contributed by atoms with E-state index in [1.165, 1.54) is 19.3 Å². The van der Waals surface area contributed by atoms with Gasteiger partial charge in [0.2, 0.25) is 0 Å². The molecule has 1 aromatic carbocycles. The van der Waals surface area contributed by atoms with Crippen molar-refractivity contribution in [1.29, 1.82) is 0 Å². The second-order valence-electron chi connectivity index (χ2n) is 7.11. The van der Waals surface area contributed by atoms with Crippen LogP contribution in [0.15, 0.2) is 30.3 Å². The molecule has 7 aliphatic carbocycles. The van der Waals surface area contributed by atoms with Gasteiger partial charge in [0.1, 0.15) is 0 Å². The Balaban J connectivity index is 1.68. The largest absolute Gasteiger partial charge is 0.0622 e. The van der Waals surface area contributed by atoms with E-state index in [1.54, 1.807) is 18.4 Å². The summed E-state index contributed by atoms with van der Waals surface area (Å²) in [5, 5.41) is 0. The smallest absolute Gasteiger partial charge is 0.00105 e. The van der Waals surface area contributed by atoms with Crippen LogP contribution in [-0.2, 0) is 5.41 Å². The molecule has 7 saturated carbocycles. The molecule has 0 amide bonds. The summed E-state index contributed by atoms with van der Waals surface area (Å²) in [4.78, 5) is 0. The second-order valence-corrected chi connectivity index (χ2v) is 7.11. The van der Waals surface area contributed by atoms with Gasteiger partial charge >= 0.3 is 0 Å². The third-order valence-electron chi connectivity index (χ3n) is 6.84. The minimum Gasteiger partial charge on any atom is -0.0622 e. The van der Waals surface area contributed by atoms with E-state index in [4.69, 9.17) is 0 Å². The van der Waals surface area contributed by atoms with Gasteiger partial charge in [-0.15, -0.1) is 0 Å². The Bertz CT molecular complexity index is 460. The Morgan fingerprint density at radius 3 is 2.65 bits per heavy atom. The zero-order chi connectivity index (χ0) is 11.0. The van der Waals surface area contributed by atoms with Crippen LogP contribution in [-0.4, -0.2) is 0 Å². The highest BCUT2D eigenvalue weighted by atomic mass is 14.7. The van der Waals surface area contributed by atoms with E-state index in [0.717, 1.165) is 29.6 Å². The lowest BCUT2D eigenvalue weighted by Crippen LogP contribution is -2.67. The first-order chi connectivity index (χ1) is 8.38. The summed E-state index contributed by atoms with van der Waals surface area (Å²) in [7, 11) is 0. The van der Waals surface area contributed by atoms with Gasteiger partial charge in [-0.3, -0.25) is 0 Å². The molecule has 0 spiro atoms. The van der Waals surface area contributed by atoms with Crippen molar-refractivity contribution in [2.24, 2.45) is 29.6 Å². The quantitative estimate of drug-likeness (QED) is 0.676. The van der Waals surface area contributed by atoms with Crippen LogP contribution in [0.4, 0.5) is 0 Å². The Kier molecular flexibility index (Phi) is 1.51. The summed E-state index contributed by atoms with van der Waals surface area (Å²) in [6.45, 7) is 0. The van der Waals surface area contributed by atoms with Gasteiger partial charge in [-0.1, -0.05) is 30.3 Å². The van der Waals surface area contributed by atoms with Gasteiger partial charge in [-0.2, -0.15) is 0 Å². The molecule has 0 heterocycles. The Morgan fingerprint density at radius 2 is 1.82 bits per heavy atom. The minimum atomic E-state index is 0.618. The molecule has 0 N–H and O–H groups in total. The van der Waals surface area contributed by atoms with E-state index in [2.05, 4.69) is 30.3 Å². The SMILES string of the molecule is c1ccc(C23CC[C@H]4C(CC5CC4C52)C3)cc1. The van der Waals surface area contributed by atoms with Gasteiger partial charge in [-0.25, -0.2) is 0 Å². The van der Waals surface area contributed by atoms with E-state index in [9.17, 15) is 0 Å². The molecular formula is C17H20. The molecule has 7 fully saturated rings. The number of fused-ring (bicyclic) bond motifs is 1. The third-order valence-corrected chi connectivity index (χ3v) is 6.84. The fourth-order valence-electron chi connectivity index (χ4n) is 6.46. The van der Waals surface area contributed by atoms with Crippen LogP contribution in [0.2, 0.25) is 0 Å². The van der Waals surface area contributed by atoms with Crippen molar-refractivity contribution in [2.45, 2.75) is 37.5 Å². The average Bonchev–Trinajstić information content (AvgIpc) is 2.38. The zero-order valence-electron chi connectivity index (χ0n) is 10.3. The van der Waals surface area contributed by atoms with Crippen molar-refractivity contribution in [3.05, 3.63) is 35.9 Å². The first-order valence-corrected chi connectivity index (χ1v) is 7.44. The summed E-state index contributed by atoms with van der Waals surface area (Å²) in [6.07, 6.45) is 7.73. The summed E-state index contributed by atoms with van der Waals surface area (Å²) >= 11 is 0. The fourth-order valence-corrected chi connectivity index (χ4v) is 6.46. The van der Waals surface area contributed by atoms with Crippen LogP contribution in [0.3, 0.4) is 0 Å². The molecule has 1 aromatic rings. The molecular weight excluding hydrogens is 204 g/mol. The Morgan fingerprint density at radius 1 is 0.941 bits per heavy atom. The molecule has 0 aliphatic heterocycles. The maximum Gasteiger partial charge on any atom is -0.00105 e. The van der Waals surface area contributed by atoms with Gasteiger partial charge in [0, 0.05) is 0 Å². The first-order valence-electron chi connectivity index (χ1n) is 7.44. The van der Waals surface area contributed by atoms with Crippen LogP contribution in [0, 0.1) is 29.6 Å². The molecule has 0 aromatic heterocycles. The van der Waals surface area contributed by atoms with Crippen LogP contribution < -0.4 is 0 Å². The van der Waals surface area contributed by atoms with Crippen molar-refractivity contribution < 1.29 is 0 Å². The molecule has 88 valence electrons. The number of hydrogen-bond acceptors (Lipinski definition) is 0. The van der Waals surface area contributed by atoms with Crippen molar-refractivity contribution in [1.82, 2.24) is 0 Å². The fraction of sp³-hybridized carbons (Fsp3) is 0.647. The molecule has 6 atom stereocenters. The predicted molar refractivity (Wildman–Crippen MR) is 68.7 cm³/mol. The van der Waals surface area contributed by atoms with Crippen molar-refractivity contribution in [3.8, 4) is 0 Å².